The molecule has 1 fully saturated rings. The average molecular weight is 256 g/mol. The first kappa shape index (κ1) is 12.9. The number of aromatic nitrogens is 3. The van der Waals surface area contributed by atoms with E-state index in [-0.39, 0.29) is 0 Å². The second-order valence-corrected chi connectivity index (χ2v) is 5.69. The number of methoxy groups -OCH3 is 1. The Kier molecular flexibility index (Phi) is 4.42. The number of hydrogen-bond acceptors (Lipinski definition) is 5. The second-order valence-electron chi connectivity index (χ2n) is 4.43. The van der Waals surface area contributed by atoms with Crippen molar-refractivity contribution in [3.05, 3.63) is 5.82 Å². The predicted molar refractivity (Wildman–Crippen MR) is 67.8 cm³/mol. The number of thioether (sulfide) groups is 1. The first-order valence-electron chi connectivity index (χ1n) is 6.02. The normalized spacial score (nSPS) is 25.1. The Bertz CT molecular complexity index is 368. The van der Waals surface area contributed by atoms with Crippen LogP contribution in [-0.2, 0) is 18.3 Å². The predicted octanol–water partition coefficient (Wildman–Crippen LogP) is 1.32. The molecule has 5 nitrogen and oxygen atoms in total. The lowest BCUT2D eigenvalue weighted by Crippen LogP contribution is -2.23. The summed E-state index contributed by atoms with van der Waals surface area (Å²) in [5.41, 5.74) is 5.59. The molecule has 6 heteroatoms. The Hall–Kier alpha value is -0.590. The number of ether oxygens (including phenoxy) is 1. The molecule has 0 radical (unpaired) electrons. The van der Waals surface area contributed by atoms with Crippen LogP contribution in [0.3, 0.4) is 0 Å². The van der Waals surface area contributed by atoms with Gasteiger partial charge in [-0.2, -0.15) is 0 Å². The summed E-state index contributed by atoms with van der Waals surface area (Å²) in [7, 11) is 3.77. The van der Waals surface area contributed by atoms with Crippen LogP contribution in [0.1, 0.15) is 31.5 Å². The minimum absolute atomic E-state index is 0.406. The van der Waals surface area contributed by atoms with E-state index in [9.17, 15) is 0 Å². The number of nitrogens with zero attached hydrogens (tertiary/aromatic N) is 3. The Morgan fingerprint density at radius 2 is 2.29 bits per heavy atom. The van der Waals surface area contributed by atoms with E-state index in [2.05, 4.69) is 10.2 Å². The van der Waals surface area contributed by atoms with Gasteiger partial charge >= 0.3 is 0 Å². The third-order valence-corrected chi connectivity index (χ3v) is 4.62. The van der Waals surface area contributed by atoms with E-state index in [0.717, 1.165) is 17.4 Å². The lowest BCUT2D eigenvalue weighted by Gasteiger charge is -2.27. The van der Waals surface area contributed by atoms with Crippen LogP contribution in [0.2, 0.25) is 0 Å². The molecule has 96 valence electrons. The van der Waals surface area contributed by atoms with E-state index in [4.69, 9.17) is 10.5 Å². The lowest BCUT2D eigenvalue weighted by atomic mass is 9.97. The highest BCUT2D eigenvalue weighted by Gasteiger charge is 2.24. The van der Waals surface area contributed by atoms with Crippen molar-refractivity contribution in [2.45, 2.75) is 48.7 Å². The molecule has 0 bridgehead atoms. The number of nitrogens with two attached hydrogens (primary N) is 1. The third kappa shape index (κ3) is 3.00. The van der Waals surface area contributed by atoms with Gasteiger partial charge in [0, 0.05) is 19.4 Å². The monoisotopic (exact) mass is 256 g/mol. The molecule has 1 aromatic heterocycles. The molecule has 0 aromatic carbocycles. The van der Waals surface area contributed by atoms with Gasteiger partial charge in [0.15, 0.2) is 5.16 Å². The molecule has 17 heavy (non-hydrogen) atoms. The molecule has 2 unspecified atom stereocenters. The van der Waals surface area contributed by atoms with E-state index >= 15 is 0 Å². The Morgan fingerprint density at radius 1 is 1.47 bits per heavy atom. The Labute approximate surface area is 106 Å². The number of rotatable bonds is 4. The van der Waals surface area contributed by atoms with E-state index in [1.54, 1.807) is 18.9 Å². The molecule has 0 saturated heterocycles. The molecule has 1 aromatic rings. The van der Waals surface area contributed by atoms with Crippen molar-refractivity contribution in [3.63, 3.8) is 0 Å². The second kappa shape index (κ2) is 5.84. The van der Waals surface area contributed by atoms with Crippen molar-refractivity contribution in [1.82, 2.24) is 14.8 Å². The minimum atomic E-state index is 0.406. The SMILES string of the molecule is COC1CCCC(Sc2nnc(CN)n2C)C1. The van der Waals surface area contributed by atoms with Crippen molar-refractivity contribution < 1.29 is 4.74 Å². The van der Waals surface area contributed by atoms with Gasteiger partial charge in [-0.25, -0.2) is 0 Å². The molecular weight excluding hydrogens is 236 g/mol. The summed E-state index contributed by atoms with van der Waals surface area (Å²) in [5, 5.41) is 9.81. The first-order chi connectivity index (χ1) is 8.24. The van der Waals surface area contributed by atoms with Crippen LogP contribution in [0.4, 0.5) is 0 Å². The van der Waals surface area contributed by atoms with Gasteiger partial charge in [0.1, 0.15) is 5.82 Å². The van der Waals surface area contributed by atoms with Gasteiger partial charge in [-0.1, -0.05) is 11.8 Å². The van der Waals surface area contributed by atoms with Crippen LogP contribution in [0.5, 0.6) is 0 Å². The van der Waals surface area contributed by atoms with Crippen LogP contribution < -0.4 is 5.73 Å². The Balaban J connectivity index is 1.97. The van der Waals surface area contributed by atoms with Crippen molar-refractivity contribution in [3.8, 4) is 0 Å². The summed E-state index contributed by atoms with van der Waals surface area (Å²) in [6.45, 7) is 0.440. The minimum Gasteiger partial charge on any atom is -0.381 e. The summed E-state index contributed by atoms with van der Waals surface area (Å²) < 4.78 is 7.43. The van der Waals surface area contributed by atoms with Crippen LogP contribution in [-0.4, -0.2) is 33.2 Å². The maximum atomic E-state index is 5.59. The van der Waals surface area contributed by atoms with Crippen molar-refractivity contribution in [2.24, 2.45) is 12.8 Å². The molecule has 2 N–H and O–H groups in total. The summed E-state index contributed by atoms with van der Waals surface area (Å²) in [5.74, 6) is 0.839. The van der Waals surface area contributed by atoms with Crippen LogP contribution in [0.25, 0.3) is 0 Å². The van der Waals surface area contributed by atoms with Crippen LogP contribution in [0.15, 0.2) is 5.16 Å². The molecule has 1 aliphatic carbocycles. The lowest BCUT2D eigenvalue weighted by molar-refractivity contribution is 0.0730. The smallest absolute Gasteiger partial charge is 0.191 e. The molecular formula is C11H20N4OS. The topological polar surface area (TPSA) is 66.0 Å². The molecule has 1 aliphatic rings. The van der Waals surface area contributed by atoms with E-state index in [1.807, 2.05) is 11.6 Å². The highest BCUT2D eigenvalue weighted by molar-refractivity contribution is 7.99. The first-order valence-corrected chi connectivity index (χ1v) is 6.90. The summed E-state index contributed by atoms with van der Waals surface area (Å²) in [6.07, 6.45) is 5.16. The van der Waals surface area contributed by atoms with Gasteiger partial charge in [-0.15, -0.1) is 10.2 Å². The fourth-order valence-electron chi connectivity index (χ4n) is 2.20. The van der Waals surface area contributed by atoms with Crippen molar-refractivity contribution >= 4 is 11.8 Å². The molecule has 1 heterocycles. The molecule has 1 saturated carbocycles. The zero-order valence-corrected chi connectivity index (χ0v) is 11.2. The molecule has 2 rings (SSSR count). The molecule has 2 atom stereocenters. The summed E-state index contributed by atoms with van der Waals surface area (Å²) in [4.78, 5) is 0. The van der Waals surface area contributed by atoms with Gasteiger partial charge in [-0.05, 0) is 25.7 Å². The zero-order chi connectivity index (χ0) is 12.3. The Morgan fingerprint density at radius 3 is 2.94 bits per heavy atom. The molecule has 0 amide bonds. The van der Waals surface area contributed by atoms with E-state index < -0.39 is 0 Å². The van der Waals surface area contributed by atoms with Crippen molar-refractivity contribution in [2.75, 3.05) is 7.11 Å². The van der Waals surface area contributed by atoms with Gasteiger partial charge in [-0.3, -0.25) is 0 Å². The van der Waals surface area contributed by atoms with Gasteiger partial charge in [0.2, 0.25) is 0 Å². The van der Waals surface area contributed by atoms with E-state index in [0.29, 0.717) is 17.9 Å². The maximum absolute atomic E-state index is 5.59. The fourth-order valence-corrected chi connectivity index (χ4v) is 3.44. The molecule has 0 spiro atoms. The standard InChI is InChI=1S/C11H20N4OS/c1-15-10(7-12)13-14-11(15)17-9-5-3-4-8(6-9)16-2/h8-9H,3-7,12H2,1-2H3. The molecule has 0 aliphatic heterocycles. The third-order valence-electron chi connectivity index (χ3n) is 3.29. The van der Waals surface area contributed by atoms with Gasteiger partial charge in [0.25, 0.3) is 0 Å². The zero-order valence-electron chi connectivity index (χ0n) is 10.4. The van der Waals surface area contributed by atoms with Gasteiger partial charge < -0.3 is 15.0 Å². The van der Waals surface area contributed by atoms with Crippen LogP contribution >= 0.6 is 11.8 Å². The fraction of sp³-hybridized carbons (Fsp3) is 0.818. The van der Waals surface area contributed by atoms with Crippen LogP contribution in [0, 0.1) is 0 Å². The summed E-state index contributed by atoms with van der Waals surface area (Å²) in [6, 6.07) is 0. The average Bonchev–Trinajstić information content (AvgIpc) is 2.71. The highest BCUT2D eigenvalue weighted by Crippen LogP contribution is 2.33. The summed E-state index contributed by atoms with van der Waals surface area (Å²) >= 11 is 1.80. The highest BCUT2D eigenvalue weighted by atomic mass is 32.2. The van der Waals surface area contributed by atoms with E-state index in [1.165, 1.54) is 19.3 Å². The van der Waals surface area contributed by atoms with Gasteiger partial charge in [0.05, 0.1) is 12.6 Å². The van der Waals surface area contributed by atoms with Crippen molar-refractivity contribution in [1.29, 1.82) is 0 Å². The quantitative estimate of drug-likeness (QED) is 0.880. The largest absolute Gasteiger partial charge is 0.381 e. The maximum Gasteiger partial charge on any atom is 0.191 e. The number of hydrogen-bond donors (Lipinski definition) is 1.